The first-order valence-electron chi connectivity index (χ1n) is 13.1. The maximum Gasteiger partial charge on any atom is 0.411 e. The molecule has 0 radical (unpaired) electrons. The minimum absolute atomic E-state index is 0.204. The molecule has 2 atom stereocenters. The summed E-state index contributed by atoms with van der Waals surface area (Å²) in [5, 5.41) is 3.82. The minimum atomic E-state index is -0.926. The molecule has 1 N–H and O–H groups in total. The fraction of sp³-hybridized carbons (Fsp3) is 0.464. The molecule has 40 heavy (non-hydrogen) atoms. The van der Waals surface area contributed by atoms with Gasteiger partial charge in [-0.2, -0.15) is 0 Å². The Morgan fingerprint density at radius 3 is 2.45 bits per heavy atom. The summed E-state index contributed by atoms with van der Waals surface area (Å²) in [7, 11) is 1.27. The number of ether oxygens (including phenoxy) is 3. The number of thioether (sulfide) groups is 1. The van der Waals surface area contributed by atoms with E-state index in [2.05, 4.69) is 10.2 Å². The van der Waals surface area contributed by atoms with Gasteiger partial charge in [0, 0.05) is 34.3 Å². The summed E-state index contributed by atoms with van der Waals surface area (Å²) in [4.78, 5) is 42.1. The van der Waals surface area contributed by atoms with Crippen LogP contribution in [0.3, 0.4) is 0 Å². The third-order valence-corrected chi connectivity index (χ3v) is 8.58. The van der Waals surface area contributed by atoms with Crippen molar-refractivity contribution in [3.05, 3.63) is 63.6 Å². The number of esters is 1. The third kappa shape index (κ3) is 8.19. The molecule has 2 aliphatic rings. The molecular formula is C28H33Cl2N3O6S. The van der Waals surface area contributed by atoms with E-state index in [0.29, 0.717) is 39.5 Å². The molecule has 2 amide bonds. The second-order valence-corrected chi connectivity index (χ2v) is 11.4. The van der Waals surface area contributed by atoms with Gasteiger partial charge in [0.05, 0.1) is 13.0 Å². The molecule has 0 aliphatic carbocycles. The van der Waals surface area contributed by atoms with Crippen LogP contribution in [0, 0.1) is 0 Å². The summed E-state index contributed by atoms with van der Waals surface area (Å²) in [6, 6.07) is 10.8. The number of amides is 2. The van der Waals surface area contributed by atoms with Gasteiger partial charge in [-0.1, -0.05) is 41.4 Å². The van der Waals surface area contributed by atoms with Crippen LogP contribution in [0.2, 0.25) is 10.0 Å². The van der Waals surface area contributed by atoms with E-state index in [4.69, 9.17) is 37.4 Å². The lowest BCUT2D eigenvalue weighted by Gasteiger charge is -2.25. The summed E-state index contributed by atoms with van der Waals surface area (Å²) in [6.45, 7) is 3.21. The van der Waals surface area contributed by atoms with Gasteiger partial charge in [0.2, 0.25) is 5.91 Å². The first kappa shape index (κ1) is 30.3. The average molecular weight is 611 g/mol. The first-order chi connectivity index (χ1) is 19.4. The molecule has 0 saturated carbocycles. The number of carbonyl (C=O) groups excluding carboxylic acids is 3. The molecule has 0 bridgehead atoms. The highest BCUT2D eigenvalue weighted by molar-refractivity contribution is 7.99. The highest BCUT2D eigenvalue weighted by atomic mass is 35.5. The van der Waals surface area contributed by atoms with Crippen molar-refractivity contribution in [2.75, 3.05) is 45.0 Å². The summed E-state index contributed by atoms with van der Waals surface area (Å²) < 4.78 is 16.2. The van der Waals surface area contributed by atoms with E-state index in [0.717, 1.165) is 31.5 Å². The third-order valence-electron chi connectivity index (χ3n) is 6.86. The number of halogens is 2. The van der Waals surface area contributed by atoms with Crippen molar-refractivity contribution in [2.24, 2.45) is 0 Å². The minimum Gasteiger partial charge on any atom is -0.489 e. The highest BCUT2D eigenvalue weighted by Crippen LogP contribution is 2.26. The maximum atomic E-state index is 13.2. The van der Waals surface area contributed by atoms with Crippen LogP contribution >= 0.6 is 35.0 Å². The number of methoxy groups -OCH3 is 1. The second kappa shape index (κ2) is 14.8. The number of rotatable bonds is 11. The molecule has 2 heterocycles. The Balaban J connectivity index is 1.31. The quantitative estimate of drug-likeness (QED) is 0.375. The monoisotopic (exact) mass is 609 g/mol. The number of benzene rings is 2. The van der Waals surface area contributed by atoms with Crippen LogP contribution in [0.1, 0.15) is 24.0 Å². The van der Waals surface area contributed by atoms with Crippen LogP contribution in [-0.4, -0.2) is 84.8 Å². The Bertz CT molecular complexity index is 1160. The van der Waals surface area contributed by atoms with Gasteiger partial charge in [-0.15, -0.1) is 11.8 Å². The lowest BCUT2D eigenvalue weighted by Crippen LogP contribution is -2.52. The Labute approximate surface area is 248 Å². The van der Waals surface area contributed by atoms with Gasteiger partial charge in [-0.3, -0.25) is 14.6 Å². The molecule has 2 unspecified atom stereocenters. The van der Waals surface area contributed by atoms with Crippen molar-refractivity contribution in [1.29, 1.82) is 0 Å². The summed E-state index contributed by atoms with van der Waals surface area (Å²) in [5.74, 6) is 0.369. The van der Waals surface area contributed by atoms with Crippen LogP contribution in [0.25, 0.3) is 0 Å². The lowest BCUT2D eigenvalue weighted by molar-refractivity contribution is -0.145. The van der Waals surface area contributed by atoms with E-state index < -0.39 is 30.1 Å². The van der Waals surface area contributed by atoms with Crippen molar-refractivity contribution < 1.29 is 28.6 Å². The number of carbonyl (C=O) groups is 3. The molecule has 0 aromatic heterocycles. The van der Waals surface area contributed by atoms with Crippen molar-refractivity contribution >= 4 is 52.9 Å². The number of hydrogen-bond donors (Lipinski definition) is 1. The van der Waals surface area contributed by atoms with Gasteiger partial charge >= 0.3 is 12.1 Å². The van der Waals surface area contributed by atoms with Crippen molar-refractivity contribution in [1.82, 2.24) is 15.1 Å². The smallest absolute Gasteiger partial charge is 0.411 e. The molecule has 2 fully saturated rings. The van der Waals surface area contributed by atoms with Gasteiger partial charge in [-0.05, 0) is 55.8 Å². The predicted molar refractivity (Wildman–Crippen MR) is 155 cm³/mol. The zero-order valence-corrected chi connectivity index (χ0v) is 24.6. The lowest BCUT2D eigenvalue weighted by atomic mass is 10.1. The molecule has 216 valence electrons. The molecule has 9 nitrogen and oxygen atoms in total. The Morgan fingerprint density at radius 1 is 1.07 bits per heavy atom. The van der Waals surface area contributed by atoms with Gasteiger partial charge in [-0.25, -0.2) is 9.59 Å². The largest absolute Gasteiger partial charge is 0.489 e. The number of nitrogens with one attached hydrogen (secondary N) is 1. The Kier molecular flexibility index (Phi) is 11.2. The topological polar surface area (TPSA) is 97.4 Å². The number of hydrogen-bond acceptors (Lipinski definition) is 8. The first-order valence-corrected chi connectivity index (χ1v) is 15.0. The Hall–Kier alpha value is -2.66. The second-order valence-electron chi connectivity index (χ2n) is 9.57. The number of likely N-dealkylation sites (tertiary alicyclic amines) is 1. The van der Waals surface area contributed by atoms with E-state index in [9.17, 15) is 14.4 Å². The van der Waals surface area contributed by atoms with E-state index >= 15 is 0 Å². The van der Waals surface area contributed by atoms with Crippen LogP contribution in [0.5, 0.6) is 5.75 Å². The van der Waals surface area contributed by atoms with E-state index in [1.54, 1.807) is 42.5 Å². The van der Waals surface area contributed by atoms with Crippen LogP contribution in [0.4, 0.5) is 4.79 Å². The number of nitrogens with zero attached hydrogens (tertiary/aromatic N) is 2. The van der Waals surface area contributed by atoms with E-state index in [1.807, 2.05) is 0 Å². The van der Waals surface area contributed by atoms with Gasteiger partial charge in [0.15, 0.2) is 0 Å². The van der Waals surface area contributed by atoms with Gasteiger partial charge in [0.1, 0.15) is 31.0 Å². The molecule has 2 aromatic carbocycles. The van der Waals surface area contributed by atoms with Crippen LogP contribution < -0.4 is 10.1 Å². The fourth-order valence-corrected chi connectivity index (χ4v) is 6.23. The highest BCUT2D eigenvalue weighted by Gasteiger charge is 2.37. The van der Waals surface area contributed by atoms with Crippen LogP contribution in [0.15, 0.2) is 42.5 Å². The molecule has 0 spiro atoms. The zero-order valence-electron chi connectivity index (χ0n) is 22.3. The molecule has 2 aromatic rings. The molecular weight excluding hydrogens is 577 g/mol. The van der Waals surface area contributed by atoms with E-state index in [-0.39, 0.29) is 19.6 Å². The SMILES string of the molecule is COC(=O)C(Cc1ccc(OCc2c(Cl)cccc2Cl)cc1)NC(=O)C1CSCN1C(=O)OCCN1CCCC1. The van der Waals surface area contributed by atoms with Crippen LogP contribution in [-0.2, 0) is 32.1 Å². The Morgan fingerprint density at radius 2 is 1.77 bits per heavy atom. The predicted octanol–water partition coefficient (Wildman–Crippen LogP) is 4.38. The van der Waals surface area contributed by atoms with Gasteiger partial charge < -0.3 is 19.5 Å². The molecule has 4 rings (SSSR count). The molecule has 12 heteroatoms. The zero-order chi connectivity index (χ0) is 28.5. The molecule has 2 aliphatic heterocycles. The average Bonchev–Trinajstić information content (AvgIpc) is 3.65. The molecule has 2 saturated heterocycles. The van der Waals surface area contributed by atoms with Crippen molar-refractivity contribution in [2.45, 2.75) is 38.0 Å². The van der Waals surface area contributed by atoms with Gasteiger partial charge in [0.25, 0.3) is 0 Å². The van der Waals surface area contributed by atoms with E-state index in [1.165, 1.54) is 23.8 Å². The summed E-state index contributed by atoms with van der Waals surface area (Å²) in [6.07, 6.45) is 2.01. The van der Waals surface area contributed by atoms with Crippen molar-refractivity contribution in [3.63, 3.8) is 0 Å². The normalized spacial score (nSPS) is 17.9. The van der Waals surface area contributed by atoms with Crippen molar-refractivity contribution in [3.8, 4) is 5.75 Å². The summed E-state index contributed by atoms with van der Waals surface area (Å²) >= 11 is 13.9. The summed E-state index contributed by atoms with van der Waals surface area (Å²) in [5.41, 5.74) is 1.48. The fourth-order valence-electron chi connectivity index (χ4n) is 4.58. The standard InChI is InChI=1S/C28H33Cl2N3O6S/c1-37-27(35)24(15-19-7-9-20(10-8-19)39-16-21-22(29)5-4-6-23(21)30)31-26(34)25-17-40-18-33(25)28(36)38-14-13-32-11-2-3-12-32/h4-10,24-25H,2-3,11-18H2,1H3,(H,31,34). The maximum absolute atomic E-state index is 13.2.